The van der Waals surface area contributed by atoms with Crippen molar-refractivity contribution in [2.75, 3.05) is 104 Å². The molecule has 0 aliphatic rings. The third-order valence-electron chi connectivity index (χ3n) is 4.58. The number of halogens is 2. The fourth-order valence-corrected chi connectivity index (χ4v) is 3.10. The smallest absolute Gasteiger partial charge is 0.0701 e. The standard InChI is InChI=1S/C24H48Cl2O7/c25-9-5-1-3-7-11-27-13-15-29-17-19-31-21-23-33-24-22-32-20-18-30-16-14-28-12-8-4-2-6-10-26/h1-24H2. The molecule has 0 fully saturated rings. The first-order valence-corrected chi connectivity index (χ1v) is 13.6. The lowest BCUT2D eigenvalue weighted by Gasteiger charge is -2.08. The highest BCUT2D eigenvalue weighted by Gasteiger charge is 1.95. The minimum atomic E-state index is 0.551. The van der Waals surface area contributed by atoms with E-state index in [2.05, 4.69) is 0 Å². The van der Waals surface area contributed by atoms with Gasteiger partial charge in [0.2, 0.25) is 0 Å². The van der Waals surface area contributed by atoms with Crippen LogP contribution < -0.4 is 0 Å². The predicted octanol–water partition coefficient (Wildman–Crippen LogP) is 4.70. The Labute approximate surface area is 212 Å². The Morgan fingerprint density at radius 2 is 0.455 bits per heavy atom. The van der Waals surface area contributed by atoms with Gasteiger partial charge in [0.05, 0.1) is 79.3 Å². The molecule has 0 aromatic carbocycles. The SMILES string of the molecule is ClCCCCCCOCCOCCOCCOCCOCCOCCOCCCCCCCl. The van der Waals surface area contributed by atoms with Gasteiger partial charge in [-0.15, -0.1) is 23.2 Å². The highest BCUT2D eigenvalue weighted by atomic mass is 35.5. The number of hydrogen-bond donors (Lipinski definition) is 0. The van der Waals surface area contributed by atoms with Crippen molar-refractivity contribution < 1.29 is 33.2 Å². The van der Waals surface area contributed by atoms with Crippen LogP contribution in [0.25, 0.3) is 0 Å². The first kappa shape index (κ1) is 33.3. The molecule has 0 aliphatic heterocycles. The van der Waals surface area contributed by atoms with Crippen LogP contribution in [0, 0.1) is 0 Å². The molecule has 0 amide bonds. The van der Waals surface area contributed by atoms with E-state index in [-0.39, 0.29) is 0 Å². The monoisotopic (exact) mass is 518 g/mol. The van der Waals surface area contributed by atoms with Crippen LogP contribution in [0.5, 0.6) is 0 Å². The molecule has 0 rings (SSSR count). The molecule has 0 saturated carbocycles. The number of unbranched alkanes of at least 4 members (excludes halogenated alkanes) is 6. The maximum Gasteiger partial charge on any atom is 0.0701 e. The topological polar surface area (TPSA) is 64.6 Å². The van der Waals surface area contributed by atoms with Gasteiger partial charge in [-0.25, -0.2) is 0 Å². The zero-order valence-electron chi connectivity index (χ0n) is 20.6. The Morgan fingerprint density at radius 3 is 0.697 bits per heavy atom. The van der Waals surface area contributed by atoms with Crippen LogP contribution >= 0.6 is 23.2 Å². The summed E-state index contributed by atoms with van der Waals surface area (Å²) in [4.78, 5) is 0. The van der Waals surface area contributed by atoms with E-state index < -0.39 is 0 Å². The number of alkyl halides is 2. The molecule has 200 valence electrons. The largest absolute Gasteiger partial charge is 0.379 e. The van der Waals surface area contributed by atoms with Crippen molar-refractivity contribution in [2.45, 2.75) is 51.4 Å². The minimum absolute atomic E-state index is 0.551. The lowest BCUT2D eigenvalue weighted by molar-refractivity contribution is -0.0206. The molecular formula is C24H48Cl2O7. The Bertz CT molecular complexity index is 312. The average molecular weight is 520 g/mol. The molecular weight excluding hydrogens is 471 g/mol. The number of hydrogen-bond acceptors (Lipinski definition) is 7. The molecule has 0 N–H and O–H groups in total. The van der Waals surface area contributed by atoms with Gasteiger partial charge in [-0.2, -0.15) is 0 Å². The Balaban J connectivity index is 2.99. The summed E-state index contributed by atoms with van der Waals surface area (Å²) >= 11 is 11.3. The van der Waals surface area contributed by atoms with Crippen LogP contribution in [-0.2, 0) is 33.2 Å². The molecule has 0 aromatic heterocycles. The molecule has 0 unspecified atom stereocenters. The van der Waals surface area contributed by atoms with Gasteiger partial charge in [-0.05, 0) is 25.7 Å². The molecule has 0 saturated heterocycles. The fourth-order valence-electron chi connectivity index (χ4n) is 2.73. The molecule has 0 aromatic rings. The normalized spacial score (nSPS) is 11.5. The molecule has 9 heteroatoms. The van der Waals surface area contributed by atoms with Gasteiger partial charge in [0.15, 0.2) is 0 Å². The van der Waals surface area contributed by atoms with Crippen molar-refractivity contribution in [3.8, 4) is 0 Å². The summed E-state index contributed by atoms with van der Waals surface area (Å²) in [5.74, 6) is 1.50. The zero-order chi connectivity index (χ0) is 23.9. The lowest BCUT2D eigenvalue weighted by atomic mass is 10.2. The van der Waals surface area contributed by atoms with Gasteiger partial charge >= 0.3 is 0 Å². The van der Waals surface area contributed by atoms with E-state index in [4.69, 9.17) is 56.4 Å². The third kappa shape index (κ3) is 32.3. The molecule has 0 heterocycles. The summed E-state index contributed by atoms with van der Waals surface area (Å²) in [5, 5.41) is 0. The summed E-state index contributed by atoms with van der Waals surface area (Å²) < 4.78 is 38.3. The molecule has 33 heavy (non-hydrogen) atoms. The van der Waals surface area contributed by atoms with Gasteiger partial charge in [0.25, 0.3) is 0 Å². The average Bonchev–Trinajstić information content (AvgIpc) is 2.83. The molecule has 0 atom stereocenters. The molecule has 0 spiro atoms. The van der Waals surface area contributed by atoms with E-state index in [9.17, 15) is 0 Å². The van der Waals surface area contributed by atoms with Gasteiger partial charge in [-0.3, -0.25) is 0 Å². The van der Waals surface area contributed by atoms with Crippen LogP contribution in [0.15, 0.2) is 0 Å². The van der Waals surface area contributed by atoms with E-state index in [1.807, 2.05) is 0 Å². The van der Waals surface area contributed by atoms with Crippen LogP contribution in [-0.4, -0.2) is 104 Å². The quantitative estimate of drug-likeness (QED) is 0.101. The van der Waals surface area contributed by atoms with Crippen molar-refractivity contribution in [3.63, 3.8) is 0 Å². The van der Waals surface area contributed by atoms with Crippen molar-refractivity contribution in [3.05, 3.63) is 0 Å². The minimum Gasteiger partial charge on any atom is -0.379 e. The molecule has 7 nitrogen and oxygen atoms in total. The van der Waals surface area contributed by atoms with E-state index in [1.54, 1.807) is 0 Å². The highest BCUT2D eigenvalue weighted by Crippen LogP contribution is 2.01. The van der Waals surface area contributed by atoms with Gasteiger partial charge in [0.1, 0.15) is 0 Å². The lowest BCUT2D eigenvalue weighted by Crippen LogP contribution is -2.14. The van der Waals surface area contributed by atoms with E-state index >= 15 is 0 Å². The van der Waals surface area contributed by atoms with Crippen LogP contribution in [0.2, 0.25) is 0 Å². The van der Waals surface area contributed by atoms with E-state index in [0.717, 1.165) is 50.7 Å². The summed E-state index contributed by atoms with van der Waals surface area (Å²) in [6.45, 7) is 8.53. The fraction of sp³-hybridized carbons (Fsp3) is 1.00. The van der Waals surface area contributed by atoms with Crippen LogP contribution in [0.1, 0.15) is 51.4 Å². The van der Waals surface area contributed by atoms with Gasteiger partial charge < -0.3 is 33.2 Å². The maximum absolute atomic E-state index is 5.64. The van der Waals surface area contributed by atoms with E-state index in [1.165, 1.54) is 25.7 Å². The zero-order valence-corrected chi connectivity index (χ0v) is 22.1. The summed E-state index contributed by atoms with van der Waals surface area (Å²) in [6, 6.07) is 0. The van der Waals surface area contributed by atoms with Gasteiger partial charge in [0, 0.05) is 25.0 Å². The maximum atomic E-state index is 5.64. The summed E-state index contributed by atoms with van der Waals surface area (Å²) in [7, 11) is 0. The van der Waals surface area contributed by atoms with Gasteiger partial charge in [-0.1, -0.05) is 25.7 Å². The molecule has 0 aliphatic carbocycles. The second-order valence-corrected chi connectivity index (χ2v) is 8.25. The Morgan fingerprint density at radius 1 is 0.242 bits per heavy atom. The summed E-state index contributed by atoms with van der Waals surface area (Å²) in [5.41, 5.74) is 0. The van der Waals surface area contributed by atoms with Crippen molar-refractivity contribution in [1.29, 1.82) is 0 Å². The van der Waals surface area contributed by atoms with Crippen molar-refractivity contribution >= 4 is 23.2 Å². The van der Waals surface area contributed by atoms with Crippen LogP contribution in [0.3, 0.4) is 0 Å². The van der Waals surface area contributed by atoms with Crippen molar-refractivity contribution in [1.82, 2.24) is 0 Å². The van der Waals surface area contributed by atoms with Crippen LogP contribution in [0.4, 0.5) is 0 Å². The predicted molar refractivity (Wildman–Crippen MR) is 134 cm³/mol. The molecule has 0 bridgehead atoms. The Kier molecular flexibility index (Phi) is 32.6. The van der Waals surface area contributed by atoms with E-state index in [0.29, 0.717) is 79.3 Å². The Hall–Kier alpha value is 0.300. The number of rotatable bonds is 30. The highest BCUT2D eigenvalue weighted by molar-refractivity contribution is 6.18. The first-order valence-electron chi connectivity index (χ1n) is 12.6. The second kappa shape index (κ2) is 32.3. The number of ether oxygens (including phenoxy) is 7. The first-order chi connectivity index (χ1) is 16.4. The second-order valence-electron chi connectivity index (χ2n) is 7.49. The third-order valence-corrected chi connectivity index (χ3v) is 5.11. The van der Waals surface area contributed by atoms with Crippen molar-refractivity contribution in [2.24, 2.45) is 0 Å². The molecule has 0 radical (unpaired) electrons. The summed E-state index contributed by atoms with van der Waals surface area (Å²) in [6.07, 6.45) is 9.07.